The van der Waals surface area contributed by atoms with Gasteiger partial charge in [0.2, 0.25) is 0 Å². The van der Waals surface area contributed by atoms with Gasteiger partial charge in [0, 0.05) is 40.1 Å². The first-order chi connectivity index (χ1) is 18.8. The van der Waals surface area contributed by atoms with Gasteiger partial charge in [-0.15, -0.1) is 11.3 Å². The highest BCUT2D eigenvalue weighted by atomic mass is 35.5. The summed E-state index contributed by atoms with van der Waals surface area (Å²) in [5.74, 6) is 2.07. The van der Waals surface area contributed by atoms with Crippen LogP contribution in [0.25, 0.3) is 21.2 Å². The Morgan fingerprint density at radius 3 is 2.44 bits per heavy atom. The monoisotopic (exact) mass is 560 g/mol. The minimum atomic E-state index is 0.00303. The number of nitrogens with zero attached hydrogens (tertiary/aromatic N) is 2. The SMILES string of the molecule is CCOc1ccc(-c2cc(C)nc(C)c2)cc1CN(CC1CCC(C)CC1)C(=O)c1sc2ccccc2c1Cl. The Bertz CT molecular complexity index is 1450. The smallest absolute Gasteiger partial charge is 0.265 e. The van der Waals surface area contributed by atoms with Crippen LogP contribution in [0.15, 0.2) is 54.6 Å². The van der Waals surface area contributed by atoms with E-state index in [1.807, 2.05) is 56.0 Å². The second-order valence-corrected chi connectivity index (χ2v) is 12.4. The lowest BCUT2D eigenvalue weighted by molar-refractivity contribution is 0.0696. The van der Waals surface area contributed by atoms with E-state index >= 15 is 0 Å². The number of thiophene rings is 1. The van der Waals surface area contributed by atoms with Crippen LogP contribution in [-0.4, -0.2) is 28.9 Å². The molecule has 0 saturated heterocycles. The minimum absolute atomic E-state index is 0.00303. The van der Waals surface area contributed by atoms with Crippen molar-refractivity contribution >= 4 is 38.9 Å². The largest absolute Gasteiger partial charge is 0.494 e. The number of aryl methyl sites for hydroxylation is 2. The third-order valence-corrected chi connectivity index (χ3v) is 9.43. The van der Waals surface area contributed by atoms with Crippen LogP contribution in [0.4, 0.5) is 0 Å². The van der Waals surface area contributed by atoms with Crippen molar-refractivity contribution in [2.24, 2.45) is 11.8 Å². The third-order valence-electron chi connectivity index (χ3n) is 7.77. The first kappa shape index (κ1) is 27.7. The quantitative estimate of drug-likeness (QED) is 0.216. The van der Waals surface area contributed by atoms with Crippen LogP contribution in [0.2, 0.25) is 5.02 Å². The van der Waals surface area contributed by atoms with Crippen molar-refractivity contribution in [3.05, 3.63) is 81.4 Å². The Labute approximate surface area is 241 Å². The highest BCUT2D eigenvalue weighted by molar-refractivity contribution is 7.21. The van der Waals surface area contributed by atoms with E-state index in [2.05, 4.69) is 36.2 Å². The van der Waals surface area contributed by atoms with Crippen LogP contribution in [0.5, 0.6) is 5.75 Å². The summed E-state index contributed by atoms with van der Waals surface area (Å²) in [6.45, 7) is 10.1. The molecule has 0 bridgehead atoms. The van der Waals surface area contributed by atoms with E-state index in [1.54, 1.807) is 0 Å². The van der Waals surface area contributed by atoms with Crippen molar-refractivity contribution in [2.45, 2.75) is 59.9 Å². The van der Waals surface area contributed by atoms with Gasteiger partial charge in [-0.3, -0.25) is 9.78 Å². The molecule has 39 heavy (non-hydrogen) atoms. The van der Waals surface area contributed by atoms with Crippen LogP contribution in [0.3, 0.4) is 0 Å². The van der Waals surface area contributed by atoms with E-state index in [9.17, 15) is 4.79 Å². The number of ether oxygens (including phenoxy) is 1. The fourth-order valence-corrected chi connectivity index (χ4v) is 7.20. The van der Waals surface area contributed by atoms with Crippen LogP contribution < -0.4 is 4.74 Å². The first-order valence-electron chi connectivity index (χ1n) is 14.0. The standard InChI is InChI=1S/C33H37ClN2O2S/c1-5-38-29-15-14-25(26-16-22(3)35-23(4)17-26)18-27(29)20-36(19-24-12-10-21(2)11-13-24)33(37)32-31(34)28-8-6-7-9-30(28)39-32/h6-9,14-18,21,24H,5,10-13,19-20H2,1-4H3. The molecule has 1 amide bonds. The first-order valence-corrected chi connectivity index (χ1v) is 15.2. The normalized spacial score (nSPS) is 17.4. The second-order valence-electron chi connectivity index (χ2n) is 10.9. The molecule has 0 radical (unpaired) electrons. The molecule has 4 nitrogen and oxygen atoms in total. The highest BCUT2D eigenvalue weighted by Gasteiger charge is 2.28. The zero-order valence-electron chi connectivity index (χ0n) is 23.3. The molecule has 1 aliphatic carbocycles. The molecule has 0 N–H and O–H groups in total. The van der Waals surface area contributed by atoms with Crippen LogP contribution in [0, 0.1) is 25.7 Å². The number of carbonyl (C=O) groups excluding carboxylic acids is 1. The number of carbonyl (C=O) groups is 1. The van der Waals surface area contributed by atoms with Gasteiger partial charge >= 0.3 is 0 Å². The van der Waals surface area contributed by atoms with E-state index in [4.69, 9.17) is 16.3 Å². The molecule has 2 aromatic carbocycles. The lowest BCUT2D eigenvalue weighted by atomic mass is 9.82. The molecular weight excluding hydrogens is 524 g/mol. The number of benzene rings is 2. The summed E-state index contributed by atoms with van der Waals surface area (Å²) in [5, 5.41) is 1.50. The van der Waals surface area contributed by atoms with Crippen LogP contribution in [0.1, 0.15) is 66.2 Å². The summed E-state index contributed by atoms with van der Waals surface area (Å²) >= 11 is 8.30. The van der Waals surface area contributed by atoms with Gasteiger partial charge in [0.05, 0.1) is 11.6 Å². The molecule has 1 fully saturated rings. The molecule has 4 aromatic rings. The average molecular weight is 561 g/mol. The molecule has 0 aliphatic heterocycles. The summed E-state index contributed by atoms with van der Waals surface area (Å²) < 4.78 is 7.10. The van der Waals surface area contributed by atoms with E-state index in [0.717, 1.165) is 69.2 Å². The van der Waals surface area contributed by atoms with Gasteiger partial charge in [-0.25, -0.2) is 0 Å². The number of amides is 1. The number of aromatic nitrogens is 1. The van der Waals surface area contributed by atoms with Crippen LogP contribution in [-0.2, 0) is 6.54 Å². The van der Waals surface area contributed by atoms with Gasteiger partial charge in [0.1, 0.15) is 10.6 Å². The Morgan fingerprint density at radius 1 is 1.03 bits per heavy atom. The van der Waals surface area contributed by atoms with Crippen LogP contribution >= 0.6 is 22.9 Å². The van der Waals surface area contributed by atoms with E-state index in [-0.39, 0.29) is 5.91 Å². The van der Waals surface area contributed by atoms with Gasteiger partial charge in [0.25, 0.3) is 5.91 Å². The summed E-state index contributed by atoms with van der Waals surface area (Å²) in [7, 11) is 0. The highest BCUT2D eigenvalue weighted by Crippen LogP contribution is 2.38. The lowest BCUT2D eigenvalue weighted by Gasteiger charge is -2.32. The van der Waals surface area contributed by atoms with Gasteiger partial charge < -0.3 is 9.64 Å². The molecule has 0 spiro atoms. The van der Waals surface area contributed by atoms with E-state index in [1.165, 1.54) is 24.2 Å². The number of hydrogen-bond acceptors (Lipinski definition) is 4. The fraction of sp³-hybridized carbons (Fsp3) is 0.394. The summed E-state index contributed by atoms with van der Waals surface area (Å²) in [5.41, 5.74) is 5.21. The van der Waals surface area contributed by atoms with Gasteiger partial charge in [-0.1, -0.05) is 55.6 Å². The lowest BCUT2D eigenvalue weighted by Crippen LogP contribution is -2.36. The molecule has 5 rings (SSSR count). The van der Waals surface area contributed by atoms with Gasteiger partial charge in [-0.05, 0) is 86.9 Å². The molecule has 204 valence electrons. The van der Waals surface area contributed by atoms with E-state index < -0.39 is 0 Å². The maximum absolute atomic E-state index is 14.2. The van der Waals surface area contributed by atoms with Crippen molar-refractivity contribution < 1.29 is 9.53 Å². The Kier molecular flexibility index (Phi) is 8.58. The molecule has 2 heterocycles. The third kappa shape index (κ3) is 6.31. The molecule has 2 aromatic heterocycles. The van der Waals surface area contributed by atoms with Gasteiger partial charge in [-0.2, -0.15) is 0 Å². The Morgan fingerprint density at radius 2 is 1.74 bits per heavy atom. The maximum atomic E-state index is 14.2. The van der Waals surface area contributed by atoms with Crippen molar-refractivity contribution in [3.63, 3.8) is 0 Å². The van der Waals surface area contributed by atoms with Gasteiger partial charge in [0.15, 0.2) is 0 Å². The predicted octanol–water partition coefficient (Wildman–Crippen LogP) is 9.10. The van der Waals surface area contributed by atoms with Crippen molar-refractivity contribution in [2.75, 3.05) is 13.2 Å². The molecule has 6 heteroatoms. The van der Waals surface area contributed by atoms with Crippen molar-refractivity contribution in [3.8, 4) is 16.9 Å². The zero-order valence-corrected chi connectivity index (χ0v) is 24.9. The predicted molar refractivity (Wildman–Crippen MR) is 163 cm³/mol. The molecular formula is C33H37ClN2O2S. The van der Waals surface area contributed by atoms with Crippen molar-refractivity contribution in [1.29, 1.82) is 0 Å². The average Bonchev–Trinajstić information content (AvgIpc) is 3.26. The number of pyridine rings is 1. The minimum Gasteiger partial charge on any atom is -0.494 e. The second kappa shape index (κ2) is 12.1. The topological polar surface area (TPSA) is 42.4 Å². The number of fused-ring (bicyclic) bond motifs is 1. The molecule has 1 aliphatic rings. The molecule has 0 atom stereocenters. The fourth-order valence-electron chi connectivity index (χ4n) is 5.72. The molecule has 0 unspecified atom stereocenters. The molecule has 1 saturated carbocycles. The summed E-state index contributed by atoms with van der Waals surface area (Å²) in [6.07, 6.45) is 4.74. The summed E-state index contributed by atoms with van der Waals surface area (Å²) in [6, 6.07) is 18.5. The maximum Gasteiger partial charge on any atom is 0.265 e. The van der Waals surface area contributed by atoms with E-state index in [0.29, 0.717) is 29.0 Å². The number of rotatable bonds is 8. The Balaban J connectivity index is 1.52. The Hall–Kier alpha value is -2.89. The number of hydrogen-bond donors (Lipinski definition) is 0. The summed E-state index contributed by atoms with van der Waals surface area (Å²) in [4.78, 5) is 21.4. The van der Waals surface area contributed by atoms with Crippen molar-refractivity contribution in [1.82, 2.24) is 9.88 Å². The zero-order chi connectivity index (χ0) is 27.5. The number of halogens is 1.